The number of piperidine rings is 1. The summed E-state index contributed by atoms with van der Waals surface area (Å²) in [6, 6.07) is 0. The van der Waals surface area contributed by atoms with E-state index in [0.717, 1.165) is 44.9 Å². The number of hydrogen-bond donors (Lipinski definition) is 1. The highest BCUT2D eigenvalue weighted by atomic mass is 127. The molecule has 1 aliphatic rings. The standard InChI is InChI=1S/C14H27N3O3.HI/c1-4-20-13(18)12-7-5-9-17(11-12)14(15-2)16-8-6-10-19-3;/h12H,4-11H2,1-3H3,(H,15,16);1H. The fourth-order valence-corrected chi connectivity index (χ4v) is 2.37. The molecule has 6 nitrogen and oxygen atoms in total. The van der Waals surface area contributed by atoms with Gasteiger partial charge in [-0.3, -0.25) is 9.79 Å². The van der Waals surface area contributed by atoms with Crippen LogP contribution in [0, 0.1) is 5.92 Å². The van der Waals surface area contributed by atoms with Gasteiger partial charge in [0, 0.05) is 40.4 Å². The van der Waals surface area contributed by atoms with Crippen LogP contribution in [-0.2, 0) is 14.3 Å². The molecule has 0 aromatic rings. The number of aliphatic imine (C=N–C) groups is 1. The second-order valence-electron chi connectivity index (χ2n) is 4.86. The molecule has 7 heteroatoms. The predicted octanol–water partition coefficient (Wildman–Crippen LogP) is 1.49. The van der Waals surface area contributed by atoms with Crippen LogP contribution in [0.5, 0.6) is 0 Å². The van der Waals surface area contributed by atoms with Crippen molar-refractivity contribution in [3.05, 3.63) is 0 Å². The average molecular weight is 413 g/mol. The van der Waals surface area contributed by atoms with Gasteiger partial charge in [-0.1, -0.05) is 0 Å². The molecule has 1 fully saturated rings. The van der Waals surface area contributed by atoms with Crippen LogP contribution >= 0.6 is 24.0 Å². The fraction of sp³-hybridized carbons (Fsp3) is 0.857. The molecule has 0 amide bonds. The number of carbonyl (C=O) groups is 1. The molecule has 0 bridgehead atoms. The van der Waals surface area contributed by atoms with Crippen molar-refractivity contribution in [1.29, 1.82) is 0 Å². The number of hydrogen-bond acceptors (Lipinski definition) is 4. The molecule has 0 aromatic heterocycles. The maximum absolute atomic E-state index is 11.8. The number of guanidine groups is 1. The fourth-order valence-electron chi connectivity index (χ4n) is 2.37. The quantitative estimate of drug-likeness (QED) is 0.235. The zero-order valence-electron chi connectivity index (χ0n) is 13.3. The molecule has 1 rings (SSSR count). The van der Waals surface area contributed by atoms with E-state index in [1.54, 1.807) is 14.2 Å². The van der Waals surface area contributed by atoms with Gasteiger partial charge in [0.1, 0.15) is 0 Å². The van der Waals surface area contributed by atoms with E-state index in [4.69, 9.17) is 9.47 Å². The van der Waals surface area contributed by atoms with Crippen LogP contribution in [0.4, 0.5) is 0 Å². The first-order valence-corrected chi connectivity index (χ1v) is 7.34. The van der Waals surface area contributed by atoms with Crippen LogP contribution in [0.3, 0.4) is 0 Å². The topological polar surface area (TPSA) is 63.2 Å². The Kier molecular flexibility index (Phi) is 11.7. The van der Waals surface area contributed by atoms with Crippen molar-refractivity contribution in [3.63, 3.8) is 0 Å². The van der Waals surface area contributed by atoms with Crippen molar-refractivity contribution in [3.8, 4) is 0 Å². The van der Waals surface area contributed by atoms with Crippen molar-refractivity contribution < 1.29 is 14.3 Å². The van der Waals surface area contributed by atoms with Gasteiger partial charge in [0.25, 0.3) is 0 Å². The summed E-state index contributed by atoms with van der Waals surface area (Å²) in [6.45, 7) is 5.45. The Balaban J connectivity index is 0.00000400. The Hall–Kier alpha value is -0.570. The van der Waals surface area contributed by atoms with Crippen molar-refractivity contribution in [2.45, 2.75) is 26.2 Å². The van der Waals surface area contributed by atoms with Gasteiger partial charge in [-0.05, 0) is 26.2 Å². The van der Waals surface area contributed by atoms with E-state index in [-0.39, 0.29) is 35.9 Å². The number of nitrogens with one attached hydrogen (secondary N) is 1. The third-order valence-electron chi connectivity index (χ3n) is 3.36. The van der Waals surface area contributed by atoms with Crippen LogP contribution in [0.15, 0.2) is 4.99 Å². The Morgan fingerprint density at radius 2 is 2.24 bits per heavy atom. The van der Waals surface area contributed by atoms with Crippen LogP contribution in [0.2, 0.25) is 0 Å². The molecule has 1 N–H and O–H groups in total. The minimum absolute atomic E-state index is 0. The van der Waals surface area contributed by atoms with Crippen LogP contribution < -0.4 is 5.32 Å². The monoisotopic (exact) mass is 413 g/mol. The molecule has 1 heterocycles. The van der Waals surface area contributed by atoms with Gasteiger partial charge in [0.05, 0.1) is 12.5 Å². The molecular formula is C14H28IN3O3. The molecule has 1 saturated heterocycles. The number of rotatable bonds is 6. The lowest BCUT2D eigenvalue weighted by molar-refractivity contribution is -0.149. The molecular weight excluding hydrogens is 385 g/mol. The number of esters is 1. The van der Waals surface area contributed by atoms with E-state index in [9.17, 15) is 4.79 Å². The third-order valence-corrected chi connectivity index (χ3v) is 3.36. The van der Waals surface area contributed by atoms with Crippen molar-refractivity contribution in [2.24, 2.45) is 10.9 Å². The SMILES string of the molecule is CCOC(=O)C1CCCN(C(=NC)NCCCOC)C1.I. The first-order chi connectivity index (χ1) is 9.72. The van der Waals surface area contributed by atoms with Crippen molar-refractivity contribution >= 4 is 35.9 Å². The summed E-state index contributed by atoms with van der Waals surface area (Å²) in [5.41, 5.74) is 0. The van der Waals surface area contributed by atoms with Crippen molar-refractivity contribution in [1.82, 2.24) is 10.2 Å². The molecule has 1 aliphatic heterocycles. The number of carbonyl (C=O) groups excluding carboxylic acids is 1. The molecule has 1 atom stereocenters. The van der Waals surface area contributed by atoms with E-state index in [2.05, 4.69) is 15.2 Å². The smallest absolute Gasteiger partial charge is 0.310 e. The minimum Gasteiger partial charge on any atom is -0.466 e. The highest BCUT2D eigenvalue weighted by molar-refractivity contribution is 14.0. The Morgan fingerprint density at radius 3 is 2.86 bits per heavy atom. The molecule has 0 aliphatic carbocycles. The molecule has 124 valence electrons. The summed E-state index contributed by atoms with van der Waals surface area (Å²) in [5.74, 6) is 0.725. The number of halogens is 1. The third kappa shape index (κ3) is 7.30. The van der Waals surface area contributed by atoms with Gasteiger partial charge >= 0.3 is 5.97 Å². The van der Waals surface area contributed by atoms with E-state index >= 15 is 0 Å². The highest BCUT2D eigenvalue weighted by Crippen LogP contribution is 2.17. The zero-order chi connectivity index (χ0) is 14.8. The van der Waals surface area contributed by atoms with Gasteiger partial charge in [-0.2, -0.15) is 0 Å². The Morgan fingerprint density at radius 1 is 1.48 bits per heavy atom. The predicted molar refractivity (Wildman–Crippen MR) is 94.2 cm³/mol. The summed E-state index contributed by atoms with van der Waals surface area (Å²) in [7, 11) is 3.47. The van der Waals surface area contributed by atoms with Crippen molar-refractivity contribution in [2.75, 3.05) is 47.0 Å². The summed E-state index contributed by atoms with van der Waals surface area (Å²) in [6.07, 6.45) is 2.82. The second-order valence-corrected chi connectivity index (χ2v) is 4.86. The average Bonchev–Trinajstić information content (AvgIpc) is 2.48. The summed E-state index contributed by atoms with van der Waals surface area (Å²) < 4.78 is 10.1. The lowest BCUT2D eigenvalue weighted by atomic mass is 9.98. The molecule has 21 heavy (non-hydrogen) atoms. The first kappa shape index (κ1) is 20.4. The zero-order valence-corrected chi connectivity index (χ0v) is 15.6. The number of ether oxygens (including phenoxy) is 2. The van der Waals surface area contributed by atoms with Gasteiger partial charge in [-0.15, -0.1) is 24.0 Å². The van der Waals surface area contributed by atoms with Crippen LogP contribution in [-0.4, -0.2) is 63.8 Å². The second kappa shape index (κ2) is 12.0. The lowest BCUT2D eigenvalue weighted by Crippen LogP contribution is -2.48. The molecule has 0 radical (unpaired) electrons. The van der Waals surface area contributed by atoms with Crippen LogP contribution in [0.1, 0.15) is 26.2 Å². The van der Waals surface area contributed by atoms with Crippen LogP contribution in [0.25, 0.3) is 0 Å². The maximum Gasteiger partial charge on any atom is 0.310 e. The van der Waals surface area contributed by atoms with Gasteiger partial charge < -0.3 is 19.7 Å². The van der Waals surface area contributed by atoms with E-state index in [1.807, 2.05) is 6.92 Å². The maximum atomic E-state index is 11.8. The number of likely N-dealkylation sites (tertiary alicyclic amines) is 1. The summed E-state index contributed by atoms with van der Waals surface area (Å²) >= 11 is 0. The largest absolute Gasteiger partial charge is 0.466 e. The molecule has 1 unspecified atom stereocenters. The Bertz CT molecular complexity index is 327. The highest BCUT2D eigenvalue weighted by Gasteiger charge is 2.28. The lowest BCUT2D eigenvalue weighted by Gasteiger charge is -2.33. The number of methoxy groups -OCH3 is 1. The summed E-state index contributed by atoms with van der Waals surface area (Å²) in [5, 5.41) is 3.31. The molecule has 0 aromatic carbocycles. The van der Waals surface area contributed by atoms with Gasteiger partial charge in [0.15, 0.2) is 5.96 Å². The van der Waals surface area contributed by atoms with E-state index in [1.165, 1.54) is 0 Å². The summed E-state index contributed by atoms with van der Waals surface area (Å²) in [4.78, 5) is 18.3. The number of nitrogens with zero attached hydrogens (tertiary/aromatic N) is 2. The molecule has 0 saturated carbocycles. The van der Waals surface area contributed by atoms with E-state index < -0.39 is 0 Å². The van der Waals surface area contributed by atoms with Gasteiger partial charge in [-0.25, -0.2) is 0 Å². The molecule has 0 spiro atoms. The minimum atomic E-state index is -0.0907. The van der Waals surface area contributed by atoms with Gasteiger partial charge in [0.2, 0.25) is 0 Å². The Labute approximate surface area is 144 Å². The first-order valence-electron chi connectivity index (χ1n) is 7.34. The normalized spacial score (nSPS) is 18.9. The van der Waals surface area contributed by atoms with E-state index in [0.29, 0.717) is 13.2 Å².